The van der Waals surface area contributed by atoms with Crippen LogP contribution in [-0.2, 0) is 29.0 Å². The van der Waals surface area contributed by atoms with Gasteiger partial charge in [0, 0.05) is 25.4 Å². The molecule has 0 aliphatic heterocycles. The van der Waals surface area contributed by atoms with Crippen LogP contribution in [0.3, 0.4) is 0 Å². The van der Waals surface area contributed by atoms with Gasteiger partial charge in [-0.2, -0.15) is 0 Å². The maximum Gasteiger partial charge on any atom is 0.243 e. The molecule has 0 spiro atoms. The molecule has 2 amide bonds. The molecule has 6 nitrogen and oxygen atoms in total. The number of hydrogen-bond acceptors (Lipinski definition) is 4. The minimum Gasteiger partial charge on any atom is -0.493 e. The van der Waals surface area contributed by atoms with Gasteiger partial charge < -0.3 is 19.7 Å². The molecule has 1 fully saturated rings. The number of aryl methyl sites for hydroxylation is 1. The number of methoxy groups -OCH3 is 2. The van der Waals surface area contributed by atoms with Crippen LogP contribution in [0.4, 0.5) is 0 Å². The van der Waals surface area contributed by atoms with Crippen molar-refractivity contribution < 1.29 is 19.1 Å². The van der Waals surface area contributed by atoms with Crippen molar-refractivity contribution in [2.75, 3.05) is 14.2 Å². The first-order valence-electron chi connectivity index (χ1n) is 13.7. The third kappa shape index (κ3) is 7.92. The fraction of sp³-hybridized carbons (Fsp3) is 0.375. The molecule has 1 aliphatic rings. The van der Waals surface area contributed by atoms with E-state index in [1.165, 1.54) is 0 Å². The first-order valence-corrected chi connectivity index (χ1v) is 14.4. The quantitative estimate of drug-likeness (QED) is 0.260. The predicted octanol–water partition coefficient (Wildman–Crippen LogP) is 6.64. The van der Waals surface area contributed by atoms with E-state index < -0.39 is 6.04 Å². The Labute approximate surface area is 246 Å². The van der Waals surface area contributed by atoms with Crippen molar-refractivity contribution in [2.45, 2.75) is 63.6 Å². The van der Waals surface area contributed by atoms with Gasteiger partial charge in [0.05, 0.1) is 24.3 Å². The van der Waals surface area contributed by atoms with E-state index in [1.54, 1.807) is 31.3 Å². The highest BCUT2D eigenvalue weighted by molar-refractivity contribution is 6.42. The van der Waals surface area contributed by atoms with E-state index in [-0.39, 0.29) is 30.8 Å². The average Bonchev–Trinajstić information content (AvgIpc) is 3.48. The fourth-order valence-electron chi connectivity index (χ4n) is 5.19. The normalized spacial score (nSPS) is 14.0. The van der Waals surface area contributed by atoms with Gasteiger partial charge in [0.1, 0.15) is 6.04 Å². The van der Waals surface area contributed by atoms with Gasteiger partial charge in [-0.05, 0) is 60.2 Å². The van der Waals surface area contributed by atoms with Crippen LogP contribution < -0.4 is 14.8 Å². The molecule has 1 unspecified atom stereocenters. The highest BCUT2D eigenvalue weighted by atomic mass is 35.5. The molecule has 0 radical (unpaired) electrons. The van der Waals surface area contributed by atoms with Gasteiger partial charge in [0.2, 0.25) is 11.8 Å². The summed E-state index contributed by atoms with van der Waals surface area (Å²) in [6.07, 6.45) is 5.24. The number of halogens is 2. The van der Waals surface area contributed by atoms with Crippen molar-refractivity contribution in [1.82, 2.24) is 10.2 Å². The second kappa shape index (κ2) is 14.4. The number of nitrogens with zero attached hydrogens (tertiary/aromatic N) is 1. The monoisotopic (exact) mass is 582 g/mol. The minimum absolute atomic E-state index is 0.122. The molecule has 4 rings (SSSR count). The topological polar surface area (TPSA) is 67.9 Å². The van der Waals surface area contributed by atoms with Gasteiger partial charge in [-0.1, -0.05) is 78.5 Å². The third-order valence-corrected chi connectivity index (χ3v) is 8.12. The van der Waals surface area contributed by atoms with Gasteiger partial charge in [0.15, 0.2) is 11.5 Å². The molecule has 40 heavy (non-hydrogen) atoms. The molecule has 8 heteroatoms. The molecule has 0 bridgehead atoms. The number of benzene rings is 3. The maximum atomic E-state index is 14.0. The van der Waals surface area contributed by atoms with Crippen LogP contribution in [0.5, 0.6) is 11.5 Å². The summed E-state index contributed by atoms with van der Waals surface area (Å²) in [5.74, 6) is 0.988. The Morgan fingerprint density at radius 3 is 2.25 bits per heavy atom. The number of hydrogen-bond donors (Lipinski definition) is 1. The number of ether oxygens (including phenoxy) is 2. The maximum absolute atomic E-state index is 14.0. The number of amides is 2. The van der Waals surface area contributed by atoms with Crippen LogP contribution in [0.2, 0.25) is 10.0 Å². The van der Waals surface area contributed by atoms with Crippen molar-refractivity contribution in [3.8, 4) is 11.5 Å². The summed E-state index contributed by atoms with van der Waals surface area (Å²) in [7, 11) is 3.17. The summed E-state index contributed by atoms with van der Waals surface area (Å²) >= 11 is 12.5. The number of rotatable bonds is 12. The van der Waals surface area contributed by atoms with Crippen molar-refractivity contribution in [3.63, 3.8) is 0 Å². The smallest absolute Gasteiger partial charge is 0.243 e. The predicted molar refractivity (Wildman–Crippen MR) is 159 cm³/mol. The Kier molecular flexibility index (Phi) is 10.7. The second-order valence-electron chi connectivity index (χ2n) is 10.2. The lowest BCUT2D eigenvalue weighted by molar-refractivity contribution is -0.141. The minimum atomic E-state index is -0.685. The van der Waals surface area contributed by atoms with E-state index in [0.717, 1.165) is 42.4 Å². The summed E-state index contributed by atoms with van der Waals surface area (Å²) in [5, 5.41) is 4.08. The zero-order chi connectivity index (χ0) is 28.5. The summed E-state index contributed by atoms with van der Waals surface area (Å²) in [6, 6.07) is 20.2. The Hall–Kier alpha value is -3.22. The van der Waals surface area contributed by atoms with E-state index in [4.69, 9.17) is 32.7 Å². The Morgan fingerprint density at radius 1 is 0.875 bits per heavy atom. The lowest BCUT2D eigenvalue weighted by atomic mass is 10.0. The molecule has 1 saturated carbocycles. The van der Waals surface area contributed by atoms with Crippen LogP contribution in [-0.4, -0.2) is 43.0 Å². The number of carbonyl (C=O) groups is 2. The van der Waals surface area contributed by atoms with E-state index in [0.29, 0.717) is 34.4 Å². The Balaban J connectivity index is 1.62. The van der Waals surface area contributed by atoms with Crippen LogP contribution in [0, 0.1) is 0 Å². The van der Waals surface area contributed by atoms with Gasteiger partial charge in [-0.3, -0.25) is 9.59 Å². The van der Waals surface area contributed by atoms with E-state index in [2.05, 4.69) is 5.32 Å². The van der Waals surface area contributed by atoms with Gasteiger partial charge in [-0.15, -0.1) is 0 Å². The van der Waals surface area contributed by atoms with Crippen molar-refractivity contribution in [3.05, 3.63) is 93.5 Å². The van der Waals surface area contributed by atoms with E-state index >= 15 is 0 Å². The standard InChI is InChI=1S/C32H36Cl2N2O4/c1-39-29-16-13-23(20-30(29)40-2)14-17-31(37)36(21-24-12-15-26(33)27(34)18-24)28(19-22-8-4-3-5-9-22)32(38)35-25-10-6-7-11-25/h3-5,8-9,12-13,15-16,18,20,25,28H,6-7,10-11,14,17,19,21H2,1-2H3,(H,35,38). The second-order valence-corrected chi connectivity index (χ2v) is 11.0. The van der Waals surface area contributed by atoms with Crippen molar-refractivity contribution in [2.24, 2.45) is 0 Å². The molecule has 1 aliphatic carbocycles. The number of nitrogens with one attached hydrogen (secondary N) is 1. The molecule has 1 atom stereocenters. The molecule has 0 aromatic heterocycles. The van der Waals surface area contributed by atoms with Crippen LogP contribution in [0.25, 0.3) is 0 Å². The highest BCUT2D eigenvalue weighted by Gasteiger charge is 2.32. The Bertz CT molecular complexity index is 1300. The fourth-order valence-corrected chi connectivity index (χ4v) is 5.51. The van der Waals surface area contributed by atoms with Gasteiger partial charge >= 0.3 is 0 Å². The van der Waals surface area contributed by atoms with Crippen molar-refractivity contribution in [1.29, 1.82) is 0 Å². The van der Waals surface area contributed by atoms with E-state index in [1.807, 2.05) is 54.6 Å². The number of carbonyl (C=O) groups excluding carboxylic acids is 2. The molecular formula is C32H36Cl2N2O4. The summed E-state index contributed by atoms with van der Waals surface area (Å²) in [5.41, 5.74) is 2.73. The Morgan fingerprint density at radius 2 is 1.57 bits per heavy atom. The average molecular weight is 584 g/mol. The summed E-state index contributed by atoms with van der Waals surface area (Å²) < 4.78 is 10.8. The summed E-state index contributed by atoms with van der Waals surface area (Å²) in [4.78, 5) is 29.5. The summed E-state index contributed by atoms with van der Waals surface area (Å²) in [6.45, 7) is 0.233. The molecule has 3 aromatic carbocycles. The van der Waals surface area contributed by atoms with Crippen LogP contribution >= 0.6 is 23.2 Å². The van der Waals surface area contributed by atoms with Crippen molar-refractivity contribution >= 4 is 35.0 Å². The lowest BCUT2D eigenvalue weighted by Gasteiger charge is -2.32. The lowest BCUT2D eigenvalue weighted by Crippen LogP contribution is -2.52. The zero-order valence-electron chi connectivity index (χ0n) is 23.0. The van der Waals surface area contributed by atoms with E-state index in [9.17, 15) is 9.59 Å². The molecular weight excluding hydrogens is 547 g/mol. The molecule has 3 aromatic rings. The van der Waals surface area contributed by atoms with Crippen LogP contribution in [0.15, 0.2) is 66.7 Å². The van der Waals surface area contributed by atoms with Crippen LogP contribution in [0.1, 0.15) is 48.8 Å². The first kappa shape index (κ1) is 29.8. The SMILES string of the molecule is COc1ccc(CCC(=O)N(Cc2ccc(Cl)c(Cl)c2)C(Cc2ccccc2)C(=O)NC2CCCC2)cc1OC. The highest BCUT2D eigenvalue weighted by Crippen LogP contribution is 2.29. The largest absolute Gasteiger partial charge is 0.493 e. The molecule has 212 valence electrons. The third-order valence-electron chi connectivity index (χ3n) is 7.39. The molecule has 0 heterocycles. The molecule has 0 saturated heterocycles. The van der Waals surface area contributed by atoms with Gasteiger partial charge in [-0.25, -0.2) is 0 Å². The zero-order valence-corrected chi connectivity index (χ0v) is 24.5. The molecule has 1 N–H and O–H groups in total. The first-order chi connectivity index (χ1) is 19.4. The van der Waals surface area contributed by atoms with Gasteiger partial charge in [0.25, 0.3) is 0 Å².